The Balaban J connectivity index is 2.16. The van der Waals surface area contributed by atoms with Crippen LogP contribution in [0, 0.1) is 0 Å². The van der Waals surface area contributed by atoms with Gasteiger partial charge in [-0.15, -0.1) is 11.3 Å². The monoisotopic (exact) mass is 310 g/mol. The smallest absolute Gasteiger partial charge is 0.348 e. The van der Waals surface area contributed by atoms with E-state index in [-0.39, 0.29) is 12.6 Å². The summed E-state index contributed by atoms with van der Waals surface area (Å²) in [5.41, 5.74) is 0.821. The summed E-state index contributed by atoms with van der Waals surface area (Å²) in [6.07, 6.45) is 0. The molecule has 0 atom stereocenters. The highest BCUT2D eigenvalue weighted by Crippen LogP contribution is 2.28. The molecule has 0 unspecified atom stereocenters. The van der Waals surface area contributed by atoms with E-state index in [1.165, 1.54) is 18.4 Å². The van der Waals surface area contributed by atoms with Crippen LogP contribution in [0.25, 0.3) is 10.1 Å². The van der Waals surface area contributed by atoms with Crippen molar-refractivity contribution in [3.8, 4) is 0 Å². The molecule has 1 aromatic heterocycles. The van der Waals surface area contributed by atoms with Crippen molar-refractivity contribution in [1.29, 1.82) is 0 Å². The fourth-order valence-electron chi connectivity index (χ4n) is 1.67. The number of rotatable bonds is 4. The molecular weight excluding hydrogens is 296 g/mol. The van der Waals surface area contributed by atoms with E-state index in [1.807, 2.05) is 18.2 Å². The van der Waals surface area contributed by atoms with E-state index in [9.17, 15) is 4.79 Å². The molecule has 0 saturated heterocycles. The van der Waals surface area contributed by atoms with E-state index < -0.39 is 0 Å². The van der Waals surface area contributed by atoms with Crippen molar-refractivity contribution >= 4 is 50.4 Å². The number of hydrogen-bond acceptors (Lipinski definition) is 5. The molecule has 0 aliphatic carbocycles. The Hall–Kier alpha value is -1.70. The number of esters is 1. The van der Waals surface area contributed by atoms with Gasteiger partial charge in [-0.25, -0.2) is 4.79 Å². The third-order valence-electron chi connectivity index (χ3n) is 2.56. The number of thiocarbonyl (C=S) groups is 1. The summed E-state index contributed by atoms with van der Waals surface area (Å²) in [7, 11) is 1.37. The van der Waals surface area contributed by atoms with E-state index in [0.29, 0.717) is 16.5 Å². The lowest BCUT2D eigenvalue weighted by Crippen LogP contribution is -2.30. The minimum Gasteiger partial charge on any atom is -0.465 e. The highest BCUT2D eigenvalue weighted by atomic mass is 32.1. The fourth-order valence-corrected chi connectivity index (χ4v) is 2.85. The van der Waals surface area contributed by atoms with Crippen LogP contribution in [-0.4, -0.2) is 36.4 Å². The number of anilines is 1. The number of aliphatic hydroxyl groups excluding tert-OH is 1. The zero-order chi connectivity index (χ0) is 14.5. The van der Waals surface area contributed by atoms with Gasteiger partial charge in [-0.05, 0) is 41.9 Å². The third-order valence-corrected chi connectivity index (χ3v) is 3.90. The number of methoxy groups -OCH3 is 1. The average molecular weight is 310 g/mol. The van der Waals surface area contributed by atoms with E-state index in [2.05, 4.69) is 10.6 Å². The van der Waals surface area contributed by atoms with Crippen molar-refractivity contribution in [2.24, 2.45) is 0 Å². The predicted molar refractivity (Wildman–Crippen MR) is 84.5 cm³/mol. The fraction of sp³-hybridized carbons (Fsp3) is 0.231. The van der Waals surface area contributed by atoms with Gasteiger partial charge >= 0.3 is 5.97 Å². The molecule has 0 amide bonds. The number of thiophene rings is 1. The van der Waals surface area contributed by atoms with Gasteiger partial charge in [0.05, 0.1) is 13.7 Å². The molecule has 0 radical (unpaired) electrons. The second-order valence-electron chi connectivity index (χ2n) is 3.96. The first-order chi connectivity index (χ1) is 9.63. The second-order valence-corrected chi connectivity index (χ2v) is 5.45. The molecule has 2 aromatic rings. The van der Waals surface area contributed by atoms with Crippen molar-refractivity contribution in [3.63, 3.8) is 0 Å². The van der Waals surface area contributed by atoms with E-state index in [0.717, 1.165) is 15.8 Å². The minimum atomic E-state index is -0.333. The molecule has 1 heterocycles. The normalized spacial score (nSPS) is 10.3. The Labute approximate surface area is 125 Å². The molecule has 3 N–H and O–H groups in total. The molecule has 106 valence electrons. The van der Waals surface area contributed by atoms with E-state index in [1.54, 1.807) is 6.07 Å². The van der Waals surface area contributed by atoms with Gasteiger partial charge in [0.25, 0.3) is 0 Å². The van der Waals surface area contributed by atoms with Crippen LogP contribution in [0.15, 0.2) is 24.3 Å². The van der Waals surface area contributed by atoms with E-state index in [4.69, 9.17) is 22.1 Å². The quantitative estimate of drug-likeness (QED) is 0.592. The first-order valence-corrected chi connectivity index (χ1v) is 7.14. The Morgan fingerprint density at radius 3 is 2.95 bits per heavy atom. The van der Waals surface area contributed by atoms with Crippen molar-refractivity contribution < 1.29 is 14.6 Å². The Morgan fingerprint density at radius 2 is 2.25 bits per heavy atom. The Bertz CT molecular complexity index is 640. The molecule has 0 aliphatic rings. The van der Waals surface area contributed by atoms with Gasteiger partial charge in [0, 0.05) is 16.9 Å². The first-order valence-electron chi connectivity index (χ1n) is 5.91. The molecule has 2 rings (SSSR count). The van der Waals surface area contributed by atoms with Crippen LogP contribution in [0.1, 0.15) is 9.67 Å². The van der Waals surface area contributed by atoms with Gasteiger partial charge in [-0.1, -0.05) is 0 Å². The lowest BCUT2D eigenvalue weighted by Gasteiger charge is -2.09. The standard InChI is InChI=1S/C13H14N2O3S2/c1-18-12(17)11-7-8-6-9(2-3-10(8)20-11)15-13(19)14-4-5-16/h2-3,6-7,16H,4-5H2,1H3,(H2,14,15,19). The molecule has 0 aliphatic heterocycles. The molecule has 0 fully saturated rings. The summed E-state index contributed by atoms with van der Waals surface area (Å²) >= 11 is 6.47. The van der Waals surface area contributed by atoms with Crippen LogP contribution in [0.5, 0.6) is 0 Å². The average Bonchev–Trinajstić information content (AvgIpc) is 2.87. The maximum absolute atomic E-state index is 11.5. The van der Waals surface area contributed by atoms with Crippen LogP contribution >= 0.6 is 23.6 Å². The van der Waals surface area contributed by atoms with Crippen molar-refractivity contribution in [1.82, 2.24) is 5.32 Å². The second kappa shape index (κ2) is 6.65. The summed E-state index contributed by atoms with van der Waals surface area (Å²) < 4.78 is 5.71. The SMILES string of the molecule is COC(=O)c1cc2cc(NC(=S)NCCO)ccc2s1. The first kappa shape index (κ1) is 14.7. The third kappa shape index (κ3) is 3.44. The predicted octanol–water partition coefficient (Wildman–Crippen LogP) is 1.97. The van der Waals surface area contributed by atoms with Crippen LogP contribution in [0.4, 0.5) is 5.69 Å². The molecule has 0 spiro atoms. The summed E-state index contributed by atoms with van der Waals surface area (Å²) in [5, 5.41) is 16.0. The lowest BCUT2D eigenvalue weighted by atomic mass is 10.2. The molecule has 1 aromatic carbocycles. The number of carbonyl (C=O) groups is 1. The maximum atomic E-state index is 11.5. The molecule has 0 bridgehead atoms. The number of carbonyl (C=O) groups excluding carboxylic acids is 1. The van der Waals surface area contributed by atoms with Crippen LogP contribution in [0.3, 0.4) is 0 Å². The van der Waals surface area contributed by atoms with Crippen LogP contribution in [-0.2, 0) is 4.74 Å². The number of fused-ring (bicyclic) bond motifs is 1. The number of ether oxygens (including phenoxy) is 1. The summed E-state index contributed by atoms with van der Waals surface area (Å²) in [5.74, 6) is -0.333. The van der Waals surface area contributed by atoms with E-state index >= 15 is 0 Å². The van der Waals surface area contributed by atoms with Gasteiger partial charge in [-0.3, -0.25) is 0 Å². The lowest BCUT2D eigenvalue weighted by molar-refractivity contribution is 0.0606. The highest BCUT2D eigenvalue weighted by molar-refractivity contribution is 7.80. The van der Waals surface area contributed by atoms with Crippen molar-refractivity contribution in [2.75, 3.05) is 25.6 Å². The molecule has 7 heteroatoms. The molecule has 5 nitrogen and oxygen atoms in total. The molecule has 0 saturated carbocycles. The maximum Gasteiger partial charge on any atom is 0.348 e. The Kier molecular flexibility index (Phi) is 4.89. The molecule has 20 heavy (non-hydrogen) atoms. The van der Waals surface area contributed by atoms with Gasteiger partial charge < -0.3 is 20.5 Å². The van der Waals surface area contributed by atoms with Crippen molar-refractivity contribution in [3.05, 3.63) is 29.1 Å². The van der Waals surface area contributed by atoms with Gasteiger partial charge in [0.1, 0.15) is 4.88 Å². The van der Waals surface area contributed by atoms with Gasteiger partial charge in [-0.2, -0.15) is 0 Å². The number of benzene rings is 1. The topological polar surface area (TPSA) is 70.6 Å². The zero-order valence-electron chi connectivity index (χ0n) is 10.8. The Morgan fingerprint density at radius 1 is 1.45 bits per heavy atom. The number of hydrogen-bond donors (Lipinski definition) is 3. The van der Waals surface area contributed by atoms with Gasteiger partial charge in [0.15, 0.2) is 5.11 Å². The number of nitrogens with one attached hydrogen (secondary N) is 2. The largest absolute Gasteiger partial charge is 0.465 e. The van der Waals surface area contributed by atoms with Crippen LogP contribution in [0.2, 0.25) is 0 Å². The molecular formula is C13H14N2O3S2. The number of aliphatic hydroxyl groups is 1. The summed E-state index contributed by atoms with van der Waals surface area (Å²) in [6, 6.07) is 7.50. The van der Waals surface area contributed by atoms with Crippen molar-refractivity contribution in [2.45, 2.75) is 0 Å². The minimum absolute atomic E-state index is 0.0217. The zero-order valence-corrected chi connectivity index (χ0v) is 12.4. The summed E-state index contributed by atoms with van der Waals surface area (Å²) in [4.78, 5) is 12.1. The van der Waals surface area contributed by atoms with Crippen LogP contribution < -0.4 is 10.6 Å². The summed E-state index contributed by atoms with van der Waals surface area (Å²) in [6.45, 7) is 0.424. The highest BCUT2D eigenvalue weighted by Gasteiger charge is 2.10. The van der Waals surface area contributed by atoms with Gasteiger partial charge in [0.2, 0.25) is 0 Å².